The van der Waals surface area contributed by atoms with Gasteiger partial charge in [-0.05, 0) is 42.8 Å². The van der Waals surface area contributed by atoms with E-state index in [1.165, 1.54) is 12.1 Å². The zero-order valence-electron chi connectivity index (χ0n) is 11.5. The first-order chi connectivity index (χ1) is 10.1. The highest BCUT2D eigenvalue weighted by Gasteiger charge is 2.12. The lowest BCUT2D eigenvalue weighted by Crippen LogP contribution is -2.00. The summed E-state index contributed by atoms with van der Waals surface area (Å²) in [5.74, 6) is 0.810. The van der Waals surface area contributed by atoms with Crippen LogP contribution in [0.3, 0.4) is 0 Å². The second kappa shape index (κ2) is 6.95. The van der Waals surface area contributed by atoms with E-state index in [9.17, 15) is 10.1 Å². The fourth-order valence-electron chi connectivity index (χ4n) is 1.85. The van der Waals surface area contributed by atoms with Gasteiger partial charge in [-0.25, -0.2) is 0 Å². The molecule has 0 aromatic heterocycles. The van der Waals surface area contributed by atoms with E-state index in [4.69, 9.17) is 16.3 Å². The third kappa shape index (κ3) is 4.10. The van der Waals surface area contributed by atoms with E-state index in [2.05, 4.69) is 5.32 Å². The third-order valence-corrected chi connectivity index (χ3v) is 3.19. The maximum absolute atomic E-state index is 10.8. The second-order valence-corrected chi connectivity index (χ2v) is 4.76. The Morgan fingerprint density at radius 2 is 1.95 bits per heavy atom. The Hall–Kier alpha value is -2.27. The zero-order valence-corrected chi connectivity index (χ0v) is 12.3. The fraction of sp³-hybridized carbons (Fsp3) is 0.200. The number of hydrogen-bond donors (Lipinski definition) is 1. The van der Waals surface area contributed by atoms with Crippen LogP contribution in [-0.4, -0.2) is 11.5 Å². The van der Waals surface area contributed by atoms with Crippen LogP contribution in [0.2, 0.25) is 5.02 Å². The lowest BCUT2D eigenvalue weighted by atomic mass is 10.2. The van der Waals surface area contributed by atoms with Crippen molar-refractivity contribution in [1.82, 2.24) is 0 Å². The van der Waals surface area contributed by atoms with Crippen LogP contribution in [0.25, 0.3) is 0 Å². The van der Waals surface area contributed by atoms with Crippen molar-refractivity contribution in [3.8, 4) is 5.75 Å². The molecule has 0 unspecified atom stereocenters. The zero-order chi connectivity index (χ0) is 15.2. The number of benzene rings is 2. The number of halogens is 1. The summed E-state index contributed by atoms with van der Waals surface area (Å²) in [6, 6.07) is 12.3. The van der Waals surface area contributed by atoms with Gasteiger partial charge in [0.15, 0.2) is 0 Å². The van der Waals surface area contributed by atoms with E-state index in [1.807, 2.05) is 31.2 Å². The lowest BCUT2D eigenvalue weighted by molar-refractivity contribution is -0.384. The first kappa shape index (κ1) is 15.1. The van der Waals surface area contributed by atoms with E-state index in [1.54, 1.807) is 6.07 Å². The first-order valence-corrected chi connectivity index (χ1v) is 6.87. The Kier molecular flexibility index (Phi) is 5.00. The van der Waals surface area contributed by atoms with Gasteiger partial charge in [0.1, 0.15) is 10.8 Å². The smallest absolute Gasteiger partial charge is 0.288 e. The number of anilines is 1. The van der Waals surface area contributed by atoms with Gasteiger partial charge in [-0.15, -0.1) is 0 Å². The average molecular weight is 307 g/mol. The normalized spacial score (nSPS) is 10.2. The Morgan fingerprint density at radius 1 is 1.24 bits per heavy atom. The average Bonchev–Trinajstić information content (AvgIpc) is 2.48. The van der Waals surface area contributed by atoms with E-state index in [0.717, 1.165) is 17.0 Å². The summed E-state index contributed by atoms with van der Waals surface area (Å²) >= 11 is 5.78. The molecule has 0 atom stereocenters. The summed E-state index contributed by atoms with van der Waals surface area (Å²) in [7, 11) is 0. The van der Waals surface area contributed by atoms with Crippen molar-refractivity contribution in [2.24, 2.45) is 0 Å². The summed E-state index contributed by atoms with van der Waals surface area (Å²) in [4.78, 5) is 10.4. The Morgan fingerprint density at radius 3 is 2.57 bits per heavy atom. The summed E-state index contributed by atoms with van der Waals surface area (Å²) < 4.78 is 5.36. The highest BCUT2D eigenvalue weighted by molar-refractivity contribution is 6.32. The molecule has 2 aromatic rings. The Labute approximate surface area is 127 Å². The molecule has 2 aromatic carbocycles. The highest BCUT2D eigenvalue weighted by atomic mass is 35.5. The SMILES string of the molecule is CCOc1ccc(NCc2ccc(Cl)c([N+](=O)[O-])c2)cc1. The van der Waals surface area contributed by atoms with Gasteiger partial charge < -0.3 is 10.1 Å². The monoisotopic (exact) mass is 306 g/mol. The van der Waals surface area contributed by atoms with Crippen LogP contribution in [0, 0.1) is 10.1 Å². The first-order valence-electron chi connectivity index (χ1n) is 6.49. The number of nitro benzene ring substituents is 1. The van der Waals surface area contributed by atoms with Crippen LogP contribution in [0.1, 0.15) is 12.5 Å². The molecule has 0 saturated heterocycles. The molecular formula is C15H15ClN2O3. The Balaban J connectivity index is 2.02. The maximum atomic E-state index is 10.8. The quantitative estimate of drug-likeness (QED) is 0.640. The molecule has 0 aliphatic carbocycles. The molecule has 0 bridgehead atoms. The van der Waals surface area contributed by atoms with E-state index in [0.29, 0.717) is 13.2 Å². The standard InChI is InChI=1S/C15H15ClN2O3/c1-2-21-13-6-4-12(5-7-13)17-10-11-3-8-14(16)15(9-11)18(19)20/h3-9,17H,2,10H2,1H3. The van der Waals surface area contributed by atoms with Gasteiger partial charge in [0.25, 0.3) is 5.69 Å². The van der Waals surface area contributed by atoms with Gasteiger partial charge in [-0.1, -0.05) is 17.7 Å². The molecule has 1 N–H and O–H groups in total. The molecule has 0 aliphatic heterocycles. The summed E-state index contributed by atoms with van der Waals surface area (Å²) in [5.41, 5.74) is 1.62. The molecule has 6 heteroatoms. The Bertz CT molecular complexity index is 629. The molecular weight excluding hydrogens is 292 g/mol. The number of nitrogens with one attached hydrogen (secondary N) is 1. The summed E-state index contributed by atoms with van der Waals surface area (Å²) in [6.07, 6.45) is 0. The molecule has 0 saturated carbocycles. The van der Waals surface area contributed by atoms with Crippen molar-refractivity contribution in [2.75, 3.05) is 11.9 Å². The van der Waals surface area contributed by atoms with Crippen molar-refractivity contribution in [2.45, 2.75) is 13.5 Å². The third-order valence-electron chi connectivity index (χ3n) is 2.87. The van der Waals surface area contributed by atoms with Crippen LogP contribution < -0.4 is 10.1 Å². The van der Waals surface area contributed by atoms with Gasteiger partial charge in [0.05, 0.1) is 11.5 Å². The number of ether oxygens (including phenoxy) is 1. The molecule has 2 rings (SSSR count). The van der Waals surface area contributed by atoms with Crippen LogP contribution in [0.5, 0.6) is 5.75 Å². The lowest BCUT2D eigenvalue weighted by Gasteiger charge is -2.08. The van der Waals surface area contributed by atoms with Crippen molar-refractivity contribution in [3.63, 3.8) is 0 Å². The molecule has 0 amide bonds. The van der Waals surface area contributed by atoms with Crippen LogP contribution in [0.15, 0.2) is 42.5 Å². The number of nitrogens with zero attached hydrogens (tertiary/aromatic N) is 1. The van der Waals surface area contributed by atoms with Crippen molar-refractivity contribution in [3.05, 3.63) is 63.2 Å². The largest absolute Gasteiger partial charge is 0.494 e. The molecule has 0 radical (unpaired) electrons. The van der Waals surface area contributed by atoms with E-state index >= 15 is 0 Å². The van der Waals surface area contributed by atoms with Crippen molar-refractivity contribution >= 4 is 23.0 Å². The molecule has 0 spiro atoms. The van der Waals surface area contributed by atoms with Gasteiger partial charge in [-0.3, -0.25) is 10.1 Å². The minimum Gasteiger partial charge on any atom is -0.494 e. The van der Waals surface area contributed by atoms with Gasteiger partial charge in [-0.2, -0.15) is 0 Å². The van der Waals surface area contributed by atoms with E-state index < -0.39 is 4.92 Å². The molecule has 21 heavy (non-hydrogen) atoms. The van der Waals surface area contributed by atoms with Crippen molar-refractivity contribution in [1.29, 1.82) is 0 Å². The fourth-order valence-corrected chi connectivity index (χ4v) is 2.03. The molecule has 0 fully saturated rings. The topological polar surface area (TPSA) is 64.4 Å². The predicted octanol–water partition coefficient (Wildman–Crippen LogP) is 4.26. The van der Waals surface area contributed by atoms with Gasteiger partial charge in [0.2, 0.25) is 0 Å². The summed E-state index contributed by atoms with van der Waals surface area (Å²) in [5, 5.41) is 14.2. The number of hydrogen-bond acceptors (Lipinski definition) is 4. The van der Waals surface area contributed by atoms with Crippen LogP contribution in [-0.2, 0) is 6.54 Å². The minimum absolute atomic E-state index is 0.0809. The minimum atomic E-state index is -0.483. The number of nitro groups is 1. The summed E-state index contributed by atoms with van der Waals surface area (Å²) in [6.45, 7) is 3.03. The maximum Gasteiger partial charge on any atom is 0.288 e. The van der Waals surface area contributed by atoms with Gasteiger partial charge >= 0.3 is 0 Å². The van der Waals surface area contributed by atoms with Gasteiger partial charge in [0, 0.05) is 18.3 Å². The van der Waals surface area contributed by atoms with Crippen molar-refractivity contribution < 1.29 is 9.66 Å². The van der Waals surface area contributed by atoms with Crippen LogP contribution >= 0.6 is 11.6 Å². The highest BCUT2D eigenvalue weighted by Crippen LogP contribution is 2.25. The predicted molar refractivity (Wildman–Crippen MR) is 83.0 cm³/mol. The molecule has 0 heterocycles. The second-order valence-electron chi connectivity index (χ2n) is 4.35. The molecule has 110 valence electrons. The molecule has 5 nitrogen and oxygen atoms in total. The number of rotatable bonds is 6. The van der Waals surface area contributed by atoms with E-state index in [-0.39, 0.29) is 10.7 Å². The van der Waals surface area contributed by atoms with Crippen LogP contribution in [0.4, 0.5) is 11.4 Å². The molecule has 0 aliphatic rings.